The number of carbonyl (C=O) groups is 1. The molecule has 1 aliphatic carbocycles. The predicted octanol–water partition coefficient (Wildman–Crippen LogP) is 6.12. The molecule has 1 aromatic heterocycles. The number of fused-ring (bicyclic) bond motifs is 1. The van der Waals surface area contributed by atoms with E-state index in [1.54, 1.807) is 0 Å². The van der Waals surface area contributed by atoms with Gasteiger partial charge in [0.05, 0.1) is 23.2 Å². The Bertz CT molecular complexity index is 978. The Morgan fingerprint density at radius 1 is 1.15 bits per heavy atom. The Morgan fingerprint density at radius 3 is 2.50 bits per heavy atom. The molecular formula is C25H32ClF3N2O3. The number of amides is 1. The SMILES string of the molecule is CCCC1CCC(OCC(=O)N2CCN(Cc3oc4ccc(C(F)(F)F)cc4c3Cl)CC2)CC1. The van der Waals surface area contributed by atoms with E-state index in [0.717, 1.165) is 30.9 Å². The maximum Gasteiger partial charge on any atom is 0.416 e. The number of piperazine rings is 1. The van der Waals surface area contributed by atoms with Crippen LogP contribution >= 0.6 is 11.6 Å². The summed E-state index contributed by atoms with van der Waals surface area (Å²) in [6, 6.07) is 3.33. The fraction of sp³-hybridized carbons (Fsp3) is 0.640. The molecule has 0 N–H and O–H groups in total. The Hall–Kier alpha value is -1.77. The van der Waals surface area contributed by atoms with Crippen LogP contribution in [0.15, 0.2) is 22.6 Å². The molecule has 0 spiro atoms. The highest BCUT2D eigenvalue weighted by atomic mass is 35.5. The first-order chi connectivity index (χ1) is 16.2. The van der Waals surface area contributed by atoms with Crippen molar-refractivity contribution < 1.29 is 27.1 Å². The van der Waals surface area contributed by atoms with Crippen molar-refractivity contribution in [3.63, 3.8) is 0 Å². The molecule has 1 aliphatic heterocycles. The van der Waals surface area contributed by atoms with Crippen LogP contribution in [0.4, 0.5) is 13.2 Å². The number of ether oxygens (including phenoxy) is 1. The van der Waals surface area contributed by atoms with E-state index in [-0.39, 0.29) is 29.0 Å². The molecule has 2 heterocycles. The fourth-order valence-electron chi connectivity index (χ4n) is 5.03. The van der Waals surface area contributed by atoms with E-state index in [1.165, 1.54) is 31.7 Å². The number of benzene rings is 1. The van der Waals surface area contributed by atoms with Crippen molar-refractivity contribution in [3.8, 4) is 0 Å². The van der Waals surface area contributed by atoms with Crippen LogP contribution < -0.4 is 0 Å². The maximum absolute atomic E-state index is 13.0. The number of nitrogens with zero attached hydrogens (tertiary/aromatic N) is 2. The van der Waals surface area contributed by atoms with Gasteiger partial charge in [-0.1, -0.05) is 31.4 Å². The van der Waals surface area contributed by atoms with Crippen molar-refractivity contribution in [1.82, 2.24) is 9.80 Å². The van der Waals surface area contributed by atoms with Crippen LogP contribution in [-0.4, -0.2) is 54.6 Å². The van der Waals surface area contributed by atoms with Gasteiger partial charge in [0.2, 0.25) is 5.91 Å². The Labute approximate surface area is 203 Å². The highest BCUT2D eigenvalue weighted by Crippen LogP contribution is 2.37. The van der Waals surface area contributed by atoms with Gasteiger partial charge in [0, 0.05) is 31.6 Å². The summed E-state index contributed by atoms with van der Waals surface area (Å²) >= 11 is 6.35. The Balaban J connectivity index is 1.24. The Morgan fingerprint density at radius 2 is 1.85 bits per heavy atom. The van der Waals surface area contributed by atoms with Crippen molar-refractivity contribution in [3.05, 3.63) is 34.5 Å². The minimum Gasteiger partial charge on any atom is -0.458 e. The molecule has 1 saturated heterocycles. The third-order valence-electron chi connectivity index (χ3n) is 7.05. The van der Waals surface area contributed by atoms with Crippen LogP contribution in [0.2, 0.25) is 5.02 Å². The average molecular weight is 501 g/mol. The lowest BCUT2D eigenvalue weighted by molar-refractivity contribution is -0.141. The van der Waals surface area contributed by atoms with Gasteiger partial charge in [-0.25, -0.2) is 0 Å². The fourth-order valence-corrected chi connectivity index (χ4v) is 5.28. The second kappa shape index (κ2) is 10.9. The maximum atomic E-state index is 13.0. The van der Waals surface area contributed by atoms with Gasteiger partial charge in [-0.05, 0) is 49.8 Å². The average Bonchev–Trinajstić information content (AvgIpc) is 3.13. The topological polar surface area (TPSA) is 45.9 Å². The zero-order valence-corrected chi connectivity index (χ0v) is 20.3. The van der Waals surface area contributed by atoms with Gasteiger partial charge in [-0.2, -0.15) is 13.2 Å². The van der Waals surface area contributed by atoms with Crippen LogP contribution in [0.3, 0.4) is 0 Å². The van der Waals surface area contributed by atoms with Crippen LogP contribution in [0.5, 0.6) is 0 Å². The molecule has 2 aromatic rings. The van der Waals surface area contributed by atoms with E-state index >= 15 is 0 Å². The number of halogens is 4. The minimum atomic E-state index is -4.43. The van der Waals surface area contributed by atoms with Crippen molar-refractivity contribution in [2.45, 2.75) is 64.3 Å². The van der Waals surface area contributed by atoms with Crippen LogP contribution in [-0.2, 0) is 22.3 Å². The number of hydrogen-bond donors (Lipinski definition) is 0. The molecule has 4 rings (SSSR count). The molecule has 34 heavy (non-hydrogen) atoms. The third kappa shape index (κ3) is 6.07. The molecule has 188 valence electrons. The number of hydrogen-bond acceptors (Lipinski definition) is 4. The van der Waals surface area contributed by atoms with E-state index in [0.29, 0.717) is 44.1 Å². The molecule has 1 amide bonds. The van der Waals surface area contributed by atoms with Crippen LogP contribution in [0, 0.1) is 5.92 Å². The van der Waals surface area contributed by atoms with Gasteiger partial charge in [-0.15, -0.1) is 0 Å². The molecule has 2 fully saturated rings. The zero-order chi connectivity index (χ0) is 24.3. The summed E-state index contributed by atoms with van der Waals surface area (Å²) in [5.41, 5.74) is -0.416. The van der Waals surface area contributed by atoms with E-state index in [2.05, 4.69) is 11.8 Å². The quantitative estimate of drug-likeness (QED) is 0.459. The van der Waals surface area contributed by atoms with Gasteiger partial charge in [-0.3, -0.25) is 9.69 Å². The summed E-state index contributed by atoms with van der Waals surface area (Å²) in [6.07, 6.45) is 2.71. The largest absolute Gasteiger partial charge is 0.458 e. The first-order valence-corrected chi connectivity index (χ1v) is 12.5. The lowest BCUT2D eigenvalue weighted by Gasteiger charge is -2.35. The van der Waals surface area contributed by atoms with Crippen molar-refractivity contribution in [2.75, 3.05) is 32.8 Å². The van der Waals surface area contributed by atoms with E-state index in [9.17, 15) is 18.0 Å². The summed E-state index contributed by atoms with van der Waals surface area (Å²) in [4.78, 5) is 16.5. The summed E-state index contributed by atoms with van der Waals surface area (Å²) in [5.74, 6) is 1.26. The van der Waals surface area contributed by atoms with Crippen molar-refractivity contribution in [2.24, 2.45) is 5.92 Å². The summed E-state index contributed by atoms with van der Waals surface area (Å²) < 4.78 is 50.7. The molecule has 1 aromatic carbocycles. The summed E-state index contributed by atoms with van der Waals surface area (Å²) in [7, 11) is 0. The molecule has 0 bridgehead atoms. The highest BCUT2D eigenvalue weighted by Gasteiger charge is 2.32. The zero-order valence-electron chi connectivity index (χ0n) is 19.5. The van der Waals surface area contributed by atoms with Gasteiger partial charge < -0.3 is 14.1 Å². The minimum absolute atomic E-state index is 0.0109. The second-order valence-electron chi connectivity index (χ2n) is 9.45. The number of carbonyl (C=O) groups excluding carboxylic acids is 1. The van der Waals surface area contributed by atoms with Crippen LogP contribution in [0.25, 0.3) is 11.0 Å². The molecule has 1 saturated carbocycles. The number of alkyl halides is 3. The molecule has 0 atom stereocenters. The van der Waals surface area contributed by atoms with Crippen molar-refractivity contribution >= 4 is 28.5 Å². The molecular weight excluding hydrogens is 469 g/mol. The molecule has 5 nitrogen and oxygen atoms in total. The second-order valence-corrected chi connectivity index (χ2v) is 9.83. The summed E-state index contributed by atoms with van der Waals surface area (Å²) in [6.45, 7) is 5.14. The highest BCUT2D eigenvalue weighted by molar-refractivity contribution is 6.36. The molecule has 2 aliphatic rings. The first kappa shape index (κ1) is 25.3. The lowest BCUT2D eigenvalue weighted by Crippen LogP contribution is -2.49. The Kier molecular flexibility index (Phi) is 8.10. The smallest absolute Gasteiger partial charge is 0.416 e. The monoisotopic (exact) mass is 500 g/mol. The third-order valence-corrected chi connectivity index (χ3v) is 7.46. The van der Waals surface area contributed by atoms with E-state index < -0.39 is 11.7 Å². The molecule has 9 heteroatoms. The molecule has 0 radical (unpaired) electrons. The van der Waals surface area contributed by atoms with Crippen molar-refractivity contribution in [1.29, 1.82) is 0 Å². The number of furan rings is 1. The van der Waals surface area contributed by atoms with Gasteiger partial charge >= 0.3 is 6.18 Å². The standard InChI is InChI=1S/C25H32ClF3N2O3/c1-2-3-17-4-7-19(8-5-17)33-16-23(32)31-12-10-30(11-13-31)15-22-24(26)20-14-18(25(27,28)29)6-9-21(20)34-22/h6,9,14,17,19H,2-5,7-8,10-13,15-16H2,1H3. The van der Waals surface area contributed by atoms with E-state index in [4.69, 9.17) is 20.8 Å². The van der Waals surface area contributed by atoms with Gasteiger partial charge in [0.25, 0.3) is 0 Å². The predicted molar refractivity (Wildman–Crippen MR) is 125 cm³/mol. The van der Waals surface area contributed by atoms with E-state index in [1.807, 2.05) is 4.90 Å². The van der Waals surface area contributed by atoms with Gasteiger partial charge in [0.1, 0.15) is 18.0 Å². The lowest BCUT2D eigenvalue weighted by atomic mass is 9.85. The molecule has 0 unspecified atom stereocenters. The normalized spacial score (nSPS) is 22.4. The number of rotatable bonds is 7. The van der Waals surface area contributed by atoms with Gasteiger partial charge in [0.15, 0.2) is 0 Å². The first-order valence-electron chi connectivity index (χ1n) is 12.1. The van der Waals surface area contributed by atoms with Crippen LogP contribution in [0.1, 0.15) is 56.8 Å². The summed E-state index contributed by atoms with van der Waals surface area (Å²) in [5, 5.41) is 0.475.